The summed E-state index contributed by atoms with van der Waals surface area (Å²) in [6.45, 7) is 8.69. The van der Waals surface area contributed by atoms with Gasteiger partial charge in [0.25, 0.3) is 5.89 Å². The number of nitrogens with zero attached hydrogens (tertiary/aromatic N) is 2. The molecule has 0 radical (unpaired) electrons. The first kappa shape index (κ1) is 18.2. The van der Waals surface area contributed by atoms with Crippen molar-refractivity contribution in [2.75, 3.05) is 13.2 Å². The van der Waals surface area contributed by atoms with E-state index >= 15 is 0 Å². The monoisotopic (exact) mass is 331 g/mol. The fourth-order valence-electron chi connectivity index (χ4n) is 1.90. The van der Waals surface area contributed by atoms with E-state index in [0.29, 0.717) is 18.3 Å². The highest BCUT2D eigenvalue weighted by Crippen LogP contribution is 2.14. The number of hydrogen-bond donors (Lipinski definition) is 2. The lowest BCUT2D eigenvalue weighted by molar-refractivity contribution is 0.100. The molecule has 0 aliphatic carbocycles. The maximum absolute atomic E-state index is 9.92. The molecular weight excluding hydrogens is 306 g/mol. The van der Waals surface area contributed by atoms with E-state index in [1.807, 2.05) is 30.3 Å². The van der Waals surface area contributed by atoms with E-state index < -0.39 is 6.10 Å². The van der Waals surface area contributed by atoms with Crippen molar-refractivity contribution < 1.29 is 14.4 Å². The summed E-state index contributed by atoms with van der Waals surface area (Å²) < 4.78 is 10.6. The Labute approximate surface area is 142 Å². The molecule has 0 aliphatic rings. The van der Waals surface area contributed by atoms with Crippen molar-refractivity contribution in [3.05, 3.63) is 41.5 Å². The van der Waals surface area contributed by atoms with E-state index in [2.05, 4.69) is 36.2 Å². The molecule has 1 aromatic heterocycles. The van der Waals surface area contributed by atoms with Crippen molar-refractivity contribution in [3.8, 4) is 5.75 Å². The highest BCUT2D eigenvalue weighted by atomic mass is 16.5. The van der Waals surface area contributed by atoms with Gasteiger partial charge < -0.3 is 19.7 Å². The molecule has 6 heteroatoms. The second-order valence-electron chi connectivity index (χ2n) is 6.68. The first-order chi connectivity index (χ1) is 11.3. The molecule has 0 saturated carbocycles. The minimum atomic E-state index is -0.551. The van der Waals surface area contributed by atoms with Gasteiger partial charge in [-0.2, -0.15) is 4.98 Å². The molecule has 24 heavy (non-hydrogen) atoms. The summed E-state index contributed by atoms with van der Waals surface area (Å²) in [5.41, 5.74) is 0.972. The van der Waals surface area contributed by atoms with Crippen LogP contribution in [0.3, 0.4) is 0 Å². The first-order valence-corrected chi connectivity index (χ1v) is 7.96. The van der Waals surface area contributed by atoms with Crippen molar-refractivity contribution in [1.82, 2.24) is 15.5 Å². The van der Waals surface area contributed by atoms with Gasteiger partial charge in [0.2, 0.25) is 0 Å². The van der Waals surface area contributed by atoms with E-state index in [1.54, 1.807) is 13.0 Å². The molecule has 130 valence electrons. The van der Waals surface area contributed by atoms with Crippen LogP contribution >= 0.6 is 0 Å². The molecule has 0 saturated heterocycles. The number of rotatable bonds is 7. The smallest absolute Gasteiger partial charge is 0.250 e. The summed E-state index contributed by atoms with van der Waals surface area (Å²) in [5.74, 6) is 1.80. The molecule has 0 aliphatic heterocycles. The van der Waals surface area contributed by atoms with Crippen LogP contribution in [0.5, 0.6) is 5.75 Å². The lowest BCUT2D eigenvalue weighted by atomic mass is 10.1. The average Bonchev–Trinajstić information content (AvgIpc) is 2.95. The Bertz CT molecular complexity index is 657. The zero-order chi connectivity index (χ0) is 17.6. The Balaban J connectivity index is 1.80. The van der Waals surface area contributed by atoms with Crippen LogP contribution in [0.2, 0.25) is 0 Å². The Morgan fingerprint density at radius 2 is 1.96 bits per heavy atom. The first-order valence-electron chi connectivity index (χ1n) is 7.96. The fourth-order valence-corrected chi connectivity index (χ4v) is 1.90. The van der Waals surface area contributed by atoms with Crippen molar-refractivity contribution in [3.63, 3.8) is 0 Å². The van der Waals surface area contributed by atoms with Gasteiger partial charge in [-0.3, -0.25) is 0 Å². The maximum Gasteiger partial charge on any atom is 0.250 e. The molecular formula is C18H25N3O3. The highest BCUT2D eigenvalue weighted by molar-refractivity contribution is 5.66. The molecule has 2 aromatic rings. The van der Waals surface area contributed by atoms with E-state index in [4.69, 9.17) is 9.26 Å². The number of benzene rings is 1. The fraction of sp³-hybridized carbons (Fsp3) is 0.444. The van der Waals surface area contributed by atoms with Crippen molar-refractivity contribution in [1.29, 1.82) is 0 Å². The molecule has 0 spiro atoms. The maximum atomic E-state index is 9.92. The van der Waals surface area contributed by atoms with Gasteiger partial charge in [-0.1, -0.05) is 17.3 Å². The zero-order valence-electron chi connectivity index (χ0n) is 14.6. The largest absolute Gasteiger partial charge is 0.491 e. The Morgan fingerprint density at radius 3 is 2.54 bits per heavy atom. The average molecular weight is 331 g/mol. The van der Waals surface area contributed by atoms with Crippen LogP contribution in [-0.4, -0.2) is 40.0 Å². The van der Waals surface area contributed by atoms with Gasteiger partial charge in [-0.15, -0.1) is 0 Å². The lowest BCUT2D eigenvalue weighted by Gasteiger charge is -2.22. The van der Waals surface area contributed by atoms with E-state index in [-0.39, 0.29) is 12.1 Å². The standard InChI is InChI=1S/C18H25N3O3/c1-13-20-17(24-21-13)10-7-14-5-8-16(9-6-14)23-12-15(22)11-19-18(2,3)4/h5-10,15,19,22H,11-12H2,1-4H3/b10-7-. The van der Waals surface area contributed by atoms with Crippen molar-refractivity contribution in [2.24, 2.45) is 0 Å². The third-order valence-electron chi connectivity index (χ3n) is 3.15. The van der Waals surface area contributed by atoms with Crippen LogP contribution in [-0.2, 0) is 0 Å². The number of hydrogen-bond acceptors (Lipinski definition) is 6. The number of aliphatic hydroxyl groups is 1. The predicted molar refractivity (Wildman–Crippen MR) is 93.7 cm³/mol. The molecule has 0 bridgehead atoms. The molecule has 1 aromatic carbocycles. The van der Waals surface area contributed by atoms with Gasteiger partial charge in [0.1, 0.15) is 18.5 Å². The topological polar surface area (TPSA) is 80.4 Å². The zero-order valence-corrected chi connectivity index (χ0v) is 14.6. The molecule has 0 amide bonds. The van der Waals surface area contributed by atoms with Gasteiger partial charge in [0.15, 0.2) is 5.82 Å². The Hall–Kier alpha value is -2.18. The van der Waals surface area contributed by atoms with Gasteiger partial charge in [-0.05, 0) is 51.5 Å². The van der Waals surface area contributed by atoms with Gasteiger partial charge >= 0.3 is 0 Å². The van der Waals surface area contributed by atoms with Crippen molar-refractivity contribution >= 4 is 12.2 Å². The Morgan fingerprint density at radius 1 is 1.25 bits per heavy atom. The molecule has 1 unspecified atom stereocenters. The summed E-state index contributed by atoms with van der Waals surface area (Å²) in [6.07, 6.45) is 3.10. The predicted octanol–water partition coefficient (Wildman–Crippen LogP) is 2.68. The third-order valence-corrected chi connectivity index (χ3v) is 3.15. The minimum absolute atomic E-state index is 0.0220. The molecule has 6 nitrogen and oxygen atoms in total. The van der Waals surface area contributed by atoms with Crippen LogP contribution in [0, 0.1) is 6.92 Å². The molecule has 2 N–H and O–H groups in total. The second kappa shape index (κ2) is 8.08. The van der Waals surface area contributed by atoms with E-state index in [9.17, 15) is 5.11 Å². The highest BCUT2D eigenvalue weighted by Gasteiger charge is 2.12. The third kappa shape index (κ3) is 6.52. The number of aliphatic hydroxyl groups excluding tert-OH is 1. The summed E-state index contributed by atoms with van der Waals surface area (Å²) in [5, 5.41) is 16.9. The number of β-amino-alcohol motifs (C(OH)–C–C–N with tert-alkyl or cyclic N) is 1. The van der Waals surface area contributed by atoms with Crippen LogP contribution in [0.25, 0.3) is 12.2 Å². The summed E-state index contributed by atoms with van der Waals surface area (Å²) in [6, 6.07) is 7.58. The minimum Gasteiger partial charge on any atom is -0.491 e. The van der Waals surface area contributed by atoms with Crippen LogP contribution < -0.4 is 10.1 Å². The normalized spacial score (nSPS) is 13.4. The van der Waals surface area contributed by atoms with Crippen LogP contribution in [0.4, 0.5) is 0 Å². The number of aromatic nitrogens is 2. The molecule has 1 atom stereocenters. The summed E-state index contributed by atoms with van der Waals surface area (Å²) in [4.78, 5) is 4.10. The van der Waals surface area contributed by atoms with Gasteiger partial charge in [-0.25, -0.2) is 0 Å². The van der Waals surface area contributed by atoms with Crippen LogP contribution in [0.1, 0.15) is 38.0 Å². The molecule has 2 rings (SSSR count). The summed E-state index contributed by atoms with van der Waals surface area (Å²) in [7, 11) is 0. The SMILES string of the molecule is Cc1noc(/C=C\c2ccc(OCC(O)CNC(C)(C)C)cc2)n1. The number of aryl methyl sites for hydroxylation is 1. The Kier molecular flexibility index (Phi) is 6.11. The lowest BCUT2D eigenvalue weighted by Crippen LogP contribution is -2.42. The van der Waals surface area contributed by atoms with Gasteiger partial charge in [0.05, 0.1) is 0 Å². The second-order valence-corrected chi connectivity index (χ2v) is 6.68. The quantitative estimate of drug-likeness (QED) is 0.812. The van der Waals surface area contributed by atoms with Crippen LogP contribution in [0.15, 0.2) is 28.8 Å². The van der Waals surface area contributed by atoms with Crippen molar-refractivity contribution in [2.45, 2.75) is 39.3 Å². The molecule has 0 fully saturated rings. The summed E-state index contributed by atoms with van der Waals surface area (Å²) >= 11 is 0. The number of nitrogens with one attached hydrogen (secondary N) is 1. The van der Waals surface area contributed by atoms with Gasteiger partial charge in [0, 0.05) is 18.2 Å². The van der Waals surface area contributed by atoms with E-state index in [0.717, 1.165) is 11.3 Å². The van der Waals surface area contributed by atoms with E-state index in [1.165, 1.54) is 0 Å². The molecule has 1 heterocycles. The number of ether oxygens (including phenoxy) is 1.